The summed E-state index contributed by atoms with van der Waals surface area (Å²) in [5.41, 5.74) is 5.56. The summed E-state index contributed by atoms with van der Waals surface area (Å²) in [6.45, 7) is 2.80. The molecule has 1 aromatic heterocycles. The monoisotopic (exact) mass is 239 g/mol. The molecule has 0 amide bonds. The minimum absolute atomic E-state index is 0.152. The molecule has 0 bridgehead atoms. The maximum atomic E-state index is 5.56. The zero-order chi connectivity index (χ0) is 12.3. The lowest BCUT2D eigenvalue weighted by Crippen LogP contribution is -2.33. The van der Waals surface area contributed by atoms with Gasteiger partial charge in [-0.15, -0.1) is 0 Å². The molecule has 2 heterocycles. The second kappa shape index (κ2) is 5.13. The summed E-state index contributed by atoms with van der Waals surface area (Å²) < 4.78 is 10.4. The van der Waals surface area contributed by atoms with Crippen LogP contribution in [-0.4, -0.2) is 40.8 Å². The van der Waals surface area contributed by atoms with Crippen molar-refractivity contribution in [2.45, 2.75) is 31.9 Å². The Bertz CT molecular complexity index is 387. The van der Waals surface area contributed by atoms with Crippen LogP contribution in [0.15, 0.2) is 0 Å². The Kier molecular flexibility index (Phi) is 3.58. The Labute approximate surface area is 99.8 Å². The third-order valence-electron chi connectivity index (χ3n) is 2.63. The quantitative estimate of drug-likeness (QED) is 0.790. The molecule has 17 heavy (non-hydrogen) atoms. The molecule has 0 radical (unpaired) electrons. The first-order valence-electron chi connectivity index (χ1n) is 5.61. The van der Waals surface area contributed by atoms with E-state index in [9.17, 15) is 0 Å². The molecule has 1 aliphatic rings. The van der Waals surface area contributed by atoms with Gasteiger partial charge in [0.15, 0.2) is 0 Å². The molecular weight excluding hydrogens is 222 g/mol. The first-order valence-corrected chi connectivity index (χ1v) is 5.61. The van der Waals surface area contributed by atoms with Gasteiger partial charge in [0.1, 0.15) is 0 Å². The van der Waals surface area contributed by atoms with E-state index in [-0.39, 0.29) is 18.1 Å². The number of nitrogen functional groups attached to an aromatic ring is 1. The summed E-state index contributed by atoms with van der Waals surface area (Å²) in [4.78, 5) is 11.9. The van der Waals surface area contributed by atoms with Crippen molar-refractivity contribution < 1.29 is 9.47 Å². The summed E-state index contributed by atoms with van der Waals surface area (Å²) in [6, 6.07) is 0.519. The molecule has 0 saturated carbocycles. The van der Waals surface area contributed by atoms with Gasteiger partial charge in [0.2, 0.25) is 11.9 Å². The minimum Gasteiger partial charge on any atom is -0.467 e. The van der Waals surface area contributed by atoms with Crippen molar-refractivity contribution >= 4 is 11.9 Å². The number of nitrogens with one attached hydrogen (secondary N) is 1. The number of aromatic nitrogens is 3. The smallest absolute Gasteiger partial charge is 0.322 e. The van der Waals surface area contributed by atoms with Crippen LogP contribution in [0.1, 0.15) is 19.8 Å². The lowest BCUT2D eigenvalue weighted by molar-refractivity contribution is 0.0231. The Hall–Kier alpha value is -1.63. The van der Waals surface area contributed by atoms with E-state index < -0.39 is 0 Å². The predicted octanol–water partition coefficient (Wildman–Crippen LogP) is 0.442. The number of nitrogens with two attached hydrogens (primary N) is 1. The molecule has 2 rings (SSSR count). The fourth-order valence-corrected chi connectivity index (χ4v) is 1.84. The highest BCUT2D eigenvalue weighted by Gasteiger charge is 2.20. The Morgan fingerprint density at radius 2 is 2.24 bits per heavy atom. The predicted molar refractivity (Wildman–Crippen MR) is 62.9 cm³/mol. The van der Waals surface area contributed by atoms with Crippen LogP contribution >= 0.6 is 0 Å². The van der Waals surface area contributed by atoms with Crippen LogP contribution in [0.2, 0.25) is 0 Å². The Morgan fingerprint density at radius 3 is 2.94 bits per heavy atom. The van der Waals surface area contributed by atoms with Crippen LogP contribution in [0, 0.1) is 0 Å². The van der Waals surface area contributed by atoms with E-state index >= 15 is 0 Å². The maximum absolute atomic E-state index is 5.56. The topological polar surface area (TPSA) is 95.2 Å². The molecule has 1 aliphatic heterocycles. The van der Waals surface area contributed by atoms with Gasteiger partial charge in [-0.1, -0.05) is 0 Å². The Balaban J connectivity index is 2.04. The molecule has 0 aromatic carbocycles. The summed E-state index contributed by atoms with van der Waals surface area (Å²) in [6.07, 6.45) is 2.11. The van der Waals surface area contributed by atoms with Crippen LogP contribution in [0.25, 0.3) is 0 Å². The number of anilines is 2. The SMILES string of the molecule is COc1nc(N)nc(NC2CCOC(C)C2)n1. The third-order valence-corrected chi connectivity index (χ3v) is 2.63. The highest BCUT2D eigenvalue weighted by atomic mass is 16.5. The van der Waals surface area contributed by atoms with Crippen molar-refractivity contribution in [2.24, 2.45) is 0 Å². The molecule has 1 aromatic rings. The minimum atomic E-state index is 0.152. The standard InChI is InChI=1S/C10H17N5O2/c1-6-5-7(3-4-17-6)12-9-13-8(11)14-10(15-9)16-2/h6-7H,3-5H2,1-2H3,(H3,11,12,13,14,15). The van der Waals surface area contributed by atoms with Gasteiger partial charge in [0, 0.05) is 12.6 Å². The fourth-order valence-electron chi connectivity index (χ4n) is 1.84. The van der Waals surface area contributed by atoms with Crippen molar-refractivity contribution in [3.8, 4) is 6.01 Å². The first-order chi connectivity index (χ1) is 8.17. The number of hydrogen-bond donors (Lipinski definition) is 2. The van der Waals surface area contributed by atoms with Crippen LogP contribution in [0.4, 0.5) is 11.9 Å². The van der Waals surface area contributed by atoms with E-state index in [0.717, 1.165) is 19.4 Å². The highest BCUT2D eigenvalue weighted by molar-refractivity contribution is 5.33. The largest absolute Gasteiger partial charge is 0.467 e. The molecule has 2 unspecified atom stereocenters. The summed E-state index contributed by atoms with van der Waals surface area (Å²) >= 11 is 0. The van der Waals surface area contributed by atoms with Gasteiger partial charge in [-0.05, 0) is 19.8 Å². The van der Waals surface area contributed by atoms with Gasteiger partial charge in [0.05, 0.1) is 13.2 Å². The van der Waals surface area contributed by atoms with Crippen LogP contribution in [0.3, 0.4) is 0 Å². The summed E-state index contributed by atoms with van der Waals surface area (Å²) in [5.74, 6) is 0.605. The number of methoxy groups -OCH3 is 1. The zero-order valence-electron chi connectivity index (χ0n) is 10.0. The van der Waals surface area contributed by atoms with E-state index in [2.05, 4.69) is 27.2 Å². The molecule has 7 heteroatoms. The van der Waals surface area contributed by atoms with Crippen molar-refractivity contribution in [1.29, 1.82) is 0 Å². The number of nitrogens with zero attached hydrogens (tertiary/aromatic N) is 3. The first kappa shape index (κ1) is 11.8. The van der Waals surface area contributed by atoms with Crippen molar-refractivity contribution in [3.05, 3.63) is 0 Å². The van der Waals surface area contributed by atoms with Crippen LogP contribution in [-0.2, 0) is 4.74 Å². The van der Waals surface area contributed by atoms with E-state index in [0.29, 0.717) is 12.0 Å². The zero-order valence-corrected chi connectivity index (χ0v) is 10.0. The molecule has 0 spiro atoms. The van der Waals surface area contributed by atoms with Gasteiger partial charge in [0.25, 0.3) is 0 Å². The molecule has 94 valence electrons. The second-order valence-electron chi connectivity index (χ2n) is 4.05. The molecule has 1 fully saturated rings. The van der Waals surface area contributed by atoms with Gasteiger partial charge in [-0.25, -0.2) is 0 Å². The number of rotatable bonds is 3. The van der Waals surface area contributed by atoms with E-state index in [4.69, 9.17) is 15.2 Å². The highest BCUT2D eigenvalue weighted by Crippen LogP contribution is 2.17. The third kappa shape index (κ3) is 3.16. The molecule has 3 N–H and O–H groups in total. The molecule has 0 aliphatic carbocycles. The second-order valence-corrected chi connectivity index (χ2v) is 4.05. The lowest BCUT2D eigenvalue weighted by atomic mass is 10.0. The summed E-state index contributed by atoms with van der Waals surface area (Å²) in [7, 11) is 1.50. The van der Waals surface area contributed by atoms with E-state index in [1.165, 1.54) is 7.11 Å². The maximum Gasteiger partial charge on any atom is 0.322 e. The number of hydrogen-bond acceptors (Lipinski definition) is 7. The number of ether oxygens (including phenoxy) is 2. The van der Waals surface area contributed by atoms with Crippen molar-refractivity contribution in [2.75, 3.05) is 24.8 Å². The van der Waals surface area contributed by atoms with E-state index in [1.807, 2.05) is 0 Å². The Morgan fingerprint density at radius 1 is 1.41 bits per heavy atom. The van der Waals surface area contributed by atoms with E-state index in [1.54, 1.807) is 0 Å². The van der Waals surface area contributed by atoms with Crippen LogP contribution < -0.4 is 15.8 Å². The normalized spacial score (nSPS) is 24.4. The van der Waals surface area contributed by atoms with Gasteiger partial charge >= 0.3 is 6.01 Å². The summed E-state index contributed by atoms with van der Waals surface area (Å²) in [5, 5.41) is 3.22. The van der Waals surface area contributed by atoms with Gasteiger partial charge in [-0.3, -0.25) is 0 Å². The lowest BCUT2D eigenvalue weighted by Gasteiger charge is -2.27. The van der Waals surface area contributed by atoms with Gasteiger partial charge in [-0.2, -0.15) is 15.0 Å². The molecule has 1 saturated heterocycles. The fraction of sp³-hybridized carbons (Fsp3) is 0.700. The average molecular weight is 239 g/mol. The molecule has 2 atom stereocenters. The molecular formula is C10H17N5O2. The molecule has 7 nitrogen and oxygen atoms in total. The van der Waals surface area contributed by atoms with Crippen LogP contribution in [0.5, 0.6) is 6.01 Å². The van der Waals surface area contributed by atoms with Gasteiger partial charge < -0.3 is 20.5 Å². The van der Waals surface area contributed by atoms with Crippen molar-refractivity contribution in [3.63, 3.8) is 0 Å². The van der Waals surface area contributed by atoms with Crippen molar-refractivity contribution in [1.82, 2.24) is 15.0 Å². The average Bonchev–Trinajstić information content (AvgIpc) is 2.28.